The summed E-state index contributed by atoms with van der Waals surface area (Å²) in [6, 6.07) is 13.7. The Bertz CT molecular complexity index is 1140. The van der Waals surface area contributed by atoms with E-state index in [1.54, 1.807) is 28.2 Å². The molecule has 186 valence electrons. The smallest absolute Gasteiger partial charge is 0.433 e. The first kappa shape index (κ1) is 25.0. The number of carbonyl (C=O) groups excluding carboxylic acids is 1. The number of carbonyl (C=O) groups is 1. The minimum atomic E-state index is -4.57. The number of anilines is 1. The molecule has 1 N–H and O–H groups in total. The number of hydrogen-bond acceptors (Lipinski definition) is 6. The lowest BCUT2D eigenvalue weighted by Gasteiger charge is -2.22. The van der Waals surface area contributed by atoms with Crippen LogP contribution in [0.25, 0.3) is 0 Å². The molecule has 35 heavy (non-hydrogen) atoms. The van der Waals surface area contributed by atoms with E-state index in [0.29, 0.717) is 19.6 Å². The Labute approximate surface area is 206 Å². The molecule has 0 radical (unpaired) electrons. The van der Waals surface area contributed by atoms with Crippen molar-refractivity contribution in [3.8, 4) is 5.75 Å². The molecule has 3 aromatic rings. The Hall–Kier alpha value is -3.11. The van der Waals surface area contributed by atoms with Gasteiger partial charge in [-0.15, -0.1) is 11.3 Å². The number of alkyl halides is 3. The number of likely N-dealkylation sites (N-methyl/N-ethyl adjacent to an activating group) is 1. The first-order valence-electron chi connectivity index (χ1n) is 11.3. The van der Waals surface area contributed by atoms with E-state index in [1.165, 1.54) is 6.07 Å². The largest absolute Gasteiger partial charge is 0.485 e. The molecule has 4 rings (SSSR count). The van der Waals surface area contributed by atoms with Gasteiger partial charge in [0.05, 0.1) is 5.56 Å². The van der Waals surface area contributed by atoms with Crippen LogP contribution in [0.3, 0.4) is 0 Å². The Balaban J connectivity index is 1.47. The summed E-state index contributed by atoms with van der Waals surface area (Å²) in [7, 11) is 3.55. The third-order valence-electron chi connectivity index (χ3n) is 5.84. The van der Waals surface area contributed by atoms with Crippen molar-refractivity contribution < 1.29 is 22.7 Å². The molecule has 1 atom stereocenters. The van der Waals surface area contributed by atoms with Gasteiger partial charge in [0.25, 0.3) is 5.91 Å². The lowest BCUT2D eigenvalue weighted by atomic mass is 10.1. The molecule has 1 unspecified atom stereocenters. The lowest BCUT2D eigenvalue weighted by Crippen LogP contribution is -2.33. The number of halogens is 3. The van der Waals surface area contributed by atoms with Gasteiger partial charge in [0.2, 0.25) is 0 Å². The SMILES string of the molecule is CNCCC(Oc1ccc(CN2CCN(C)c3nc(C(F)(F)F)ccc3C2=O)cc1)c1cccs1. The average Bonchev–Trinajstić information content (AvgIpc) is 3.35. The number of amides is 1. The molecule has 0 saturated carbocycles. The summed E-state index contributed by atoms with van der Waals surface area (Å²) in [5, 5.41) is 5.18. The van der Waals surface area contributed by atoms with Crippen molar-refractivity contribution in [1.29, 1.82) is 0 Å². The maximum absolute atomic E-state index is 13.1. The van der Waals surface area contributed by atoms with Gasteiger partial charge in [0, 0.05) is 38.0 Å². The summed E-state index contributed by atoms with van der Waals surface area (Å²) in [6.45, 7) is 1.91. The second-order valence-electron chi connectivity index (χ2n) is 8.37. The fourth-order valence-corrected chi connectivity index (χ4v) is 4.72. The highest BCUT2D eigenvalue weighted by Gasteiger charge is 2.35. The van der Waals surface area contributed by atoms with Crippen molar-refractivity contribution in [2.45, 2.75) is 25.2 Å². The topological polar surface area (TPSA) is 57.7 Å². The van der Waals surface area contributed by atoms with Crippen LogP contribution in [0.1, 0.15) is 39.0 Å². The van der Waals surface area contributed by atoms with Gasteiger partial charge in [-0.2, -0.15) is 13.2 Å². The molecule has 0 bridgehead atoms. The van der Waals surface area contributed by atoms with Gasteiger partial charge in [-0.1, -0.05) is 18.2 Å². The van der Waals surface area contributed by atoms with Gasteiger partial charge in [0.1, 0.15) is 23.4 Å². The highest BCUT2D eigenvalue weighted by Crippen LogP contribution is 2.32. The zero-order valence-electron chi connectivity index (χ0n) is 19.5. The predicted molar refractivity (Wildman–Crippen MR) is 130 cm³/mol. The number of nitrogens with one attached hydrogen (secondary N) is 1. The van der Waals surface area contributed by atoms with Crippen molar-refractivity contribution in [3.63, 3.8) is 0 Å². The van der Waals surface area contributed by atoms with Gasteiger partial charge in [0.15, 0.2) is 0 Å². The van der Waals surface area contributed by atoms with Gasteiger partial charge < -0.3 is 19.9 Å². The first-order valence-corrected chi connectivity index (χ1v) is 12.2. The van der Waals surface area contributed by atoms with Gasteiger partial charge in [-0.05, 0) is 54.9 Å². The van der Waals surface area contributed by atoms with Crippen molar-refractivity contribution in [2.75, 3.05) is 38.6 Å². The molecule has 1 aromatic carbocycles. The van der Waals surface area contributed by atoms with E-state index in [9.17, 15) is 18.0 Å². The van der Waals surface area contributed by atoms with Crippen LogP contribution in [-0.4, -0.2) is 49.5 Å². The number of ether oxygens (including phenoxy) is 1. The minimum absolute atomic E-state index is 0.0530. The van der Waals surface area contributed by atoms with Crippen molar-refractivity contribution in [2.24, 2.45) is 0 Å². The number of fused-ring (bicyclic) bond motifs is 1. The monoisotopic (exact) mass is 504 g/mol. The van der Waals surface area contributed by atoms with Crippen molar-refractivity contribution in [1.82, 2.24) is 15.2 Å². The van der Waals surface area contributed by atoms with Crippen LogP contribution in [0, 0.1) is 0 Å². The maximum Gasteiger partial charge on any atom is 0.433 e. The molecule has 0 aliphatic carbocycles. The number of thiophene rings is 1. The van der Waals surface area contributed by atoms with E-state index in [-0.39, 0.29) is 23.4 Å². The Morgan fingerprint density at radius 1 is 1.14 bits per heavy atom. The Morgan fingerprint density at radius 3 is 2.57 bits per heavy atom. The molecule has 0 fully saturated rings. The van der Waals surface area contributed by atoms with Crippen LogP contribution < -0.4 is 15.0 Å². The zero-order chi connectivity index (χ0) is 25.0. The molecule has 1 aliphatic heterocycles. The van der Waals surface area contributed by atoms with E-state index in [4.69, 9.17) is 4.74 Å². The molecule has 10 heteroatoms. The van der Waals surface area contributed by atoms with Crippen LogP contribution in [0.15, 0.2) is 53.9 Å². The van der Waals surface area contributed by atoms with E-state index in [2.05, 4.69) is 16.4 Å². The lowest BCUT2D eigenvalue weighted by molar-refractivity contribution is -0.141. The van der Waals surface area contributed by atoms with Crippen LogP contribution in [0.5, 0.6) is 5.75 Å². The van der Waals surface area contributed by atoms with E-state index in [1.807, 2.05) is 42.8 Å². The molecule has 0 spiro atoms. The van der Waals surface area contributed by atoms with Crippen molar-refractivity contribution >= 4 is 23.1 Å². The highest BCUT2D eigenvalue weighted by atomic mass is 32.1. The summed E-state index contributed by atoms with van der Waals surface area (Å²) in [6.07, 6.45) is -3.79. The summed E-state index contributed by atoms with van der Waals surface area (Å²) < 4.78 is 45.6. The highest BCUT2D eigenvalue weighted by molar-refractivity contribution is 7.10. The fourth-order valence-electron chi connectivity index (χ4n) is 3.93. The van der Waals surface area contributed by atoms with Crippen LogP contribution >= 0.6 is 11.3 Å². The minimum Gasteiger partial charge on any atom is -0.485 e. The second-order valence-corrected chi connectivity index (χ2v) is 9.35. The molecule has 0 saturated heterocycles. The Morgan fingerprint density at radius 2 is 1.91 bits per heavy atom. The second kappa shape index (κ2) is 10.7. The first-order chi connectivity index (χ1) is 16.8. The quantitative estimate of drug-likeness (QED) is 0.469. The number of benzene rings is 1. The number of hydrogen-bond donors (Lipinski definition) is 1. The Kier molecular flexibility index (Phi) is 7.61. The molecule has 2 aromatic heterocycles. The zero-order valence-corrected chi connectivity index (χ0v) is 20.3. The predicted octanol–water partition coefficient (Wildman–Crippen LogP) is 4.98. The summed E-state index contributed by atoms with van der Waals surface area (Å²) in [4.78, 5) is 21.3. The number of aromatic nitrogens is 1. The van der Waals surface area contributed by atoms with Gasteiger partial charge in [-0.3, -0.25) is 4.79 Å². The molecule has 3 heterocycles. The molecular formula is C25H27F3N4O2S. The van der Waals surface area contributed by atoms with Crippen LogP contribution in [-0.2, 0) is 12.7 Å². The molecular weight excluding hydrogens is 477 g/mol. The summed E-state index contributed by atoms with van der Waals surface area (Å²) in [5.41, 5.74) is 0.0661. The summed E-state index contributed by atoms with van der Waals surface area (Å²) in [5.74, 6) is 0.451. The van der Waals surface area contributed by atoms with Gasteiger partial charge >= 0.3 is 6.18 Å². The molecule has 1 aliphatic rings. The fraction of sp³-hybridized carbons (Fsp3) is 0.360. The maximum atomic E-state index is 13.1. The van der Waals surface area contributed by atoms with E-state index >= 15 is 0 Å². The molecule has 1 amide bonds. The van der Waals surface area contributed by atoms with Crippen molar-refractivity contribution in [3.05, 3.63) is 75.6 Å². The normalized spacial score (nSPS) is 15.1. The van der Waals surface area contributed by atoms with Crippen LogP contribution in [0.2, 0.25) is 0 Å². The third-order valence-corrected chi connectivity index (χ3v) is 6.81. The standard InChI is InChI=1S/C25H27F3N4O2S/c1-29-12-11-20(21-4-3-15-35-21)34-18-7-5-17(6-8-18)16-32-14-13-31(2)23-19(24(32)33)9-10-22(30-23)25(26,27)28/h3-10,15,20,29H,11-14,16H2,1-2H3. The third kappa shape index (κ3) is 5.94. The number of pyridine rings is 1. The van der Waals surface area contributed by atoms with E-state index < -0.39 is 11.9 Å². The summed E-state index contributed by atoms with van der Waals surface area (Å²) >= 11 is 1.66. The number of nitrogens with zero attached hydrogens (tertiary/aromatic N) is 3. The molecule has 6 nitrogen and oxygen atoms in total. The number of rotatable bonds is 8. The van der Waals surface area contributed by atoms with E-state index in [0.717, 1.165) is 35.2 Å². The average molecular weight is 505 g/mol. The van der Waals surface area contributed by atoms with Gasteiger partial charge in [-0.25, -0.2) is 4.98 Å². The van der Waals surface area contributed by atoms with Crippen LogP contribution in [0.4, 0.5) is 19.0 Å².